The molecular formula is C14H11N3O. The first-order chi connectivity index (χ1) is 8.72. The molecule has 0 atom stereocenters. The number of hydrogen-bond acceptors (Lipinski definition) is 3. The van der Waals surface area contributed by atoms with E-state index < -0.39 is 0 Å². The molecule has 1 aromatic carbocycles. The average Bonchev–Trinajstić information content (AvgIpc) is 2.39. The highest BCUT2D eigenvalue weighted by atomic mass is 16.1. The van der Waals surface area contributed by atoms with Crippen LogP contribution in [-0.2, 0) is 0 Å². The number of aryl methyl sites for hydroxylation is 1. The van der Waals surface area contributed by atoms with Crippen LogP contribution in [0.15, 0.2) is 42.6 Å². The molecule has 2 aromatic rings. The number of nitriles is 1. The van der Waals surface area contributed by atoms with E-state index in [1.54, 1.807) is 24.3 Å². The molecule has 0 fully saturated rings. The Bertz CT molecular complexity index is 629. The molecule has 1 N–H and O–H groups in total. The third-order valence-corrected chi connectivity index (χ3v) is 2.55. The van der Waals surface area contributed by atoms with Gasteiger partial charge >= 0.3 is 0 Å². The zero-order chi connectivity index (χ0) is 13.0. The van der Waals surface area contributed by atoms with Crippen molar-refractivity contribution in [2.75, 3.05) is 5.32 Å². The second kappa shape index (κ2) is 5.11. The second-order valence-corrected chi connectivity index (χ2v) is 3.78. The van der Waals surface area contributed by atoms with Crippen LogP contribution in [0.1, 0.15) is 21.5 Å². The van der Waals surface area contributed by atoms with E-state index in [2.05, 4.69) is 10.3 Å². The van der Waals surface area contributed by atoms with Crippen LogP contribution in [0.3, 0.4) is 0 Å². The summed E-state index contributed by atoms with van der Waals surface area (Å²) in [6, 6.07) is 12.5. The van der Waals surface area contributed by atoms with Gasteiger partial charge in [0.15, 0.2) is 5.82 Å². The van der Waals surface area contributed by atoms with Crippen LogP contribution < -0.4 is 5.32 Å². The molecule has 0 unspecified atom stereocenters. The van der Waals surface area contributed by atoms with Crippen LogP contribution in [0.25, 0.3) is 0 Å². The maximum Gasteiger partial charge on any atom is 0.257 e. The number of carbonyl (C=O) groups excluding carboxylic acids is 1. The molecule has 1 heterocycles. The van der Waals surface area contributed by atoms with Crippen molar-refractivity contribution in [2.45, 2.75) is 6.92 Å². The molecular weight excluding hydrogens is 226 g/mol. The fraction of sp³-hybridized carbons (Fsp3) is 0.0714. The van der Waals surface area contributed by atoms with Crippen LogP contribution in [-0.4, -0.2) is 10.9 Å². The number of amides is 1. The number of pyridine rings is 1. The number of hydrogen-bond donors (Lipinski definition) is 1. The van der Waals surface area contributed by atoms with Crippen molar-refractivity contribution < 1.29 is 4.79 Å². The number of rotatable bonds is 2. The Balaban J connectivity index is 2.28. The van der Waals surface area contributed by atoms with E-state index in [1.165, 1.54) is 6.20 Å². The highest BCUT2D eigenvalue weighted by Gasteiger charge is 2.11. The molecule has 4 heteroatoms. The molecule has 1 aromatic heterocycles. The molecule has 0 aliphatic carbocycles. The molecule has 0 aliphatic rings. The number of carbonyl (C=O) groups is 1. The minimum atomic E-state index is -0.261. The van der Waals surface area contributed by atoms with Gasteiger partial charge in [-0.15, -0.1) is 0 Å². The topological polar surface area (TPSA) is 65.8 Å². The molecule has 88 valence electrons. The summed E-state index contributed by atoms with van der Waals surface area (Å²) in [5.41, 5.74) is 1.80. The van der Waals surface area contributed by atoms with Crippen molar-refractivity contribution in [1.82, 2.24) is 4.98 Å². The third-order valence-electron chi connectivity index (χ3n) is 2.55. The Morgan fingerprint density at radius 3 is 2.78 bits per heavy atom. The summed E-state index contributed by atoms with van der Waals surface area (Å²) in [5.74, 6) is 0.0246. The normalized spacial score (nSPS) is 9.56. The van der Waals surface area contributed by atoms with Gasteiger partial charge in [-0.1, -0.05) is 18.2 Å². The fourth-order valence-corrected chi connectivity index (χ4v) is 1.60. The molecule has 2 rings (SSSR count). The average molecular weight is 237 g/mol. The standard InChI is InChI=1S/C14H11N3O/c1-10-5-2-3-7-12(10)14(18)17-13-11(9-15)6-4-8-16-13/h2-8H,1H3,(H,16,17,18). The van der Waals surface area contributed by atoms with Crippen LogP contribution in [0.5, 0.6) is 0 Å². The third kappa shape index (κ3) is 2.36. The maximum absolute atomic E-state index is 12.0. The number of nitrogens with one attached hydrogen (secondary N) is 1. The van der Waals surface area contributed by atoms with Gasteiger partial charge in [-0.3, -0.25) is 4.79 Å². The second-order valence-electron chi connectivity index (χ2n) is 3.78. The first-order valence-corrected chi connectivity index (χ1v) is 5.44. The van der Waals surface area contributed by atoms with E-state index in [0.717, 1.165) is 5.56 Å². The number of nitrogens with zero attached hydrogens (tertiary/aromatic N) is 2. The molecule has 18 heavy (non-hydrogen) atoms. The van der Waals surface area contributed by atoms with E-state index in [0.29, 0.717) is 11.1 Å². The largest absolute Gasteiger partial charge is 0.305 e. The smallest absolute Gasteiger partial charge is 0.257 e. The lowest BCUT2D eigenvalue weighted by Crippen LogP contribution is -2.15. The van der Waals surface area contributed by atoms with E-state index in [1.807, 2.05) is 25.1 Å². The monoisotopic (exact) mass is 237 g/mol. The molecule has 1 amide bonds. The van der Waals surface area contributed by atoms with Crippen molar-refractivity contribution in [2.24, 2.45) is 0 Å². The predicted molar refractivity (Wildman–Crippen MR) is 68.1 cm³/mol. The van der Waals surface area contributed by atoms with Gasteiger partial charge in [0.1, 0.15) is 6.07 Å². The minimum absolute atomic E-state index is 0.261. The Hall–Kier alpha value is -2.67. The van der Waals surface area contributed by atoms with E-state index >= 15 is 0 Å². The summed E-state index contributed by atoms with van der Waals surface area (Å²) in [7, 11) is 0. The zero-order valence-corrected chi connectivity index (χ0v) is 9.84. The molecule has 0 radical (unpaired) electrons. The van der Waals surface area contributed by atoms with Gasteiger partial charge in [0, 0.05) is 11.8 Å². The Morgan fingerprint density at radius 2 is 2.06 bits per heavy atom. The Kier molecular flexibility index (Phi) is 3.35. The number of benzene rings is 1. The zero-order valence-electron chi connectivity index (χ0n) is 9.84. The molecule has 0 spiro atoms. The van der Waals surface area contributed by atoms with E-state index in [-0.39, 0.29) is 11.7 Å². The maximum atomic E-state index is 12.0. The number of aromatic nitrogens is 1. The van der Waals surface area contributed by atoms with Crippen LogP contribution in [0.2, 0.25) is 0 Å². The van der Waals surface area contributed by atoms with Gasteiger partial charge in [0.05, 0.1) is 5.56 Å². The van der Waals surface area contributed by atoms with Gasteiger partial charge < -0.3 is 5.32 Å². The summed E-state index contributed by atoms with van der Waals surface area (Å²) < 4.78 is 0. The minimum Gasteiger partial charge on any atom is -0.305 e. The molecule has 4 nitrogen and oxygen atoms in total. The molecule has 0 saturated heterocycles. The first kappa shape index (κ1) is 11.8. The van der Waals surface area contributed by atoms with E-state index in [4.69, 9.17) is 5.26 Å². The van der Waals surface area contributed by atoms with Gasteiger partial charge in [0.2, 0.25) is 0 Å². The lowest BCUT2D eigenvalue weighted by atomic mass is 10.1. The summed E-state index contributed by atoms with van der Waals surface area (Å²) in [4.78, 5) is 16.0. The Morgan fingerprint density at radius 1 is 1.28 bits per heavy atom. The van der Waals surface area contributed by atoms with E-state index in [9.17, 15) is 4.79 Å². The molecule has 0 bridgehead atoms. The van der Waals surface area contributed by atoms with Crippen molar-refractivity contribution in [3.63, 3.8) is 0 Å². The summed E-state index contributed by atoms with van der Waals surface area (Å²) >= 11 is 0. The van der Waals surface area contributed by atoms with Gasteiger partial charge in [-0.05, 0) is 30.7 Å². The lowest BCUT2D eigenvalue weighted by molar-refractivity contribution is 0.102. The molecule has 0 saturated carbocycles. The van der Waals surface area contributed by atoms with Gasteiger partial charge in [-0.2, -0.15) is 5.26 Å². The van der Waals surface area contributed by atoms with Crippen LogP contribution in [0, 0.1) is 18.3 Å². The van der Waals surface area contributed by atoms with Crippen molar-refractivity contribution in [3.8, 4) is 6.07 Å². The Labute approximate surface area is 105 Å². The van der Waals surface area contributed by atoms with Crippen LogP contribution >= 0.6 is 0 Å². The highest BCUT2D eigenvalue weighted by molar-refractivity contribution is 6.05. The van der Waals surface area contributed by atoms with Gasteiger partial charge in [0.25, 0.3) is 5.91 Å². The van der Waals surface area contributed by atoms with Crippen molar-refractivity contribution >= 4 is 11.7 Å². The SMILES string of the molecule is Cc1ccccc1C(=O)Nc1ncccc1C#N. The first-order valence-electron chi connectivity index (χ1n) is 5.44. The summed E-state index contributed by atoms with van der Waals surface area (Å²) in [6.45, 7) is 1.86. The summed E-state index contributed by atoms with van der Waals surface area (Å²) in [5, 5.41) is 11.6. The molecule has 0 aliphatic heterocycles. The quantitative estimate of drug-likeness (QED) is 0.872. The van der Waals surface area contributed by atoms with Crippen molar-refractivity contribution in [1.29, 1.82) is 5.26 Å². The van der Waals surface area contributed by atoms with Crippen molar-refractivity contribution in [3.05, 3.63) is 59.3 Å². The number of anilines is 1. The van der Waals surface area contributed by atoms with Gasteiger partial charge in [-0.25, -0.2) is 4.98 Å². The lowest BCUT2D eigenvalue weighted by Gasteiger charge is -2.07. The summed E-state index contributed by atoms with van der Waals surface area (Å²) in [6.07, 6.45) is 1.54. The predicted octanol–water partition coefficient (Wildman–Crippen LogP) is 2.51. The van der Waals surface area contributed by atoms with Crippen LogP contribution in [0.4, 0.5) is 5.82 Å². The fourth-order valence-electron chi connectivity index (χ4n) is 1.60. The highest BCUT2D eigenvalue weighted by Crippen LogP contribution is 2.13.